The number of halogens is 1. The third kappa shape index (κ3) is 3.32. The van der Waals surface area contributed by atoms with Crippen LogP contribution in [0.5, 0.6) is 0 Å². The van der Waals surface area contributed by atoms with E-state index in [-0.39, 0.29) is 5.54 Å². The fourth-order valence-corrected chi connectivity index (χ4v) is 2.88. The summed E-state index contributed by atoms with van der Waals surface area (Å²) in [5, 5.41) is 0. The Balaban J connectivity index is 2.57. The van der Waals surface area contributed by atoms with Gasteiger partial charge < -0.3 is 4.74 Å². The van der Waals surface area contributed by atoms with Gasteiger partial charge in [-0.1, -0.05) is 0 Å². The van der Waals surface area contributed by atoms with E-state index in [1.54, 1.807) is 0 Å². The molecule has 0 saturated carbocycles. The molecule has 14 heavy (non-hydrogen) atoms. The number of ether oxygens (including phenoxy) is 1. The molecule has 1 fully saturated rings. The van der Waals surface area contributed by atoms with Gasteiger partial charge in [0.1, 0.15) is 0 Å². The smallest absolute Gasteiger partial charge is 0.0678 e. The molecule has 0 aromatic heterocycles. The van der Waals surface area contributed by atoms with Gasteiger partial charge in [-0.3, -0.25) is 8.43 Å². The van der Waals surface area contributed by atoms with Crippen molar-refractivity contribution in [3.05, 3.63) is 0 Å². The SMILES string of the molecule is CC1CN(C(C)(C)CNI)CC(C)O1. The first-order valence-corrected chi connectivity index (χ1v) is 6.27. The molecule has 3 nitrogen and oxygen atoms in total. The Bertz CT molecular complexity index is 177. The maximum atomic E-state index is 5.73. The summed E-state index contributed by atoms with van der Waals surface area (Å²) in [6, 6.07) is 0. The second-order valence-electron chi connectivity index (χ2n) is 4.79. The number of hydrogen-bond acceptors (Lipinski definition) is 3. The number of nitrogens with one attached hydrogen (secondary N) is 1. The van der Waals surface area contributed by atoms with E-state index in [0.717, 1.165) is 19.6 Å². The van der Waals surface area contributed by atoms with Crippen molar-refractivity contribution in [3.63, 3.8) is 0 Å². The van der Waals surface area contributed by atoms with Crippen molar-refractivity contribution in [3.8, 4) is 0 Å². The molecule has 1 aliphatic heterocycles. The van der Waals surface area contributed by atoms with Gasteiger partial charge in [0.25, 0.3) is 0 Å². The third-order valence-corrected chi connectivity index (χ3v) is 3.16. The number of nitrogens with zero attached hydrogens (tertiary/aromatic N) is 1. The van der Waals surface area contributed by atoms with E-state index < -0.39 is 0 Å². The zero-order chi connectivity index (χ0) is 10.8. The minimum Gasteiger partial charge on any atom is -0.373 e. The second-order valence-corrected chi connectivity index (χ2v) is 5.55. The van der Waals surface area contributed by atoms with Crippen LogP contribution in [0, 0.1) is 0 Å². The van der Waals surface area contributed by atoms with Crippen molar-refractivity contribution in [2.45, 2.75) is 45.4 Å². The van der Waals surface area contributed by atoms with Crippen LogP contribution in [0.4, 0.5) is 0 Å². The zero-order valence-corrected chi connectivity index (χ0v) is 11.7. The summed E-state index contributed by atoms with van der Waals surface area (Å²) in [5.74, 6) is 0. The van der Waals surface area contributed by atoms with Gasteiger partial charge >= 0.3 is 0 Å². The average molecular weight is 312 g/mol. The Hall–Kier alpha value is 0.610. The molecule has 0 amide bonds. The summed E-state index contributed by atoms with van der Waals surface area (Å²) in [4.78, 5) is 2.51. The quantitative estimate of drug-likeness (QED) is 0.635. The highest BCUT2D eigenvalue weighted by molar-refractivity contribution is 14.1. The van der Waals surface area contributed by atoms with E-state index in [4.69, 9.17) is 4.74 Å². The predicted molar refractivity (Wildman–Crippen MR) is 67.7 cm³/mol. The van der Waals surface area contributed by atoms with Gasteiger partial charge in [-0.05, 0) is 27.7 Å². The fraction of sp³-hybridized carbons (Fsp3) is 1.00. The van der Waals surface area contributed by atoms with Crippen LogP contribution in [-0.2, 0) is 4.74 Å². The van der Waals surface area contributed by atoms with Crippen molar-refractivity contribution in [2.24, 2.45) is 0 Å². The van der Waals surface area contributed by atoms with E-state index in [9.17, 15) is 0 Å². The average Bonchev–Trinajstić information content (AvgIpc) is 2.02. The molecular formula is C10H21IN2O. The molecule has 2 unspecified atom stereocenters. The topological polar surface area (TPSA) is 24.5 Å². The Morgan fingerprint density at radius 3 is 2.29 bits per heavy atom. The van der Waals surface area contributed by atoms with Crippen LogP contribution in [0.2, 0.25) is 0 Å². The molecule has 0 spiro atoms. The van der Waals surface area contributed by atoms with E-state index in [0.29, 0.717) is 12.2 Å². The van der Waals surface area contributed by atoms with E-state index in [1.165, 1.54) is 0 Å². The Kier molecular flexibility index (Phi) is 4.61. The highest BCUT2D eigenvalue weighted by Crippen LogP contribution is 2.20. The molecule has 1 saturated heterocycles. The summed E-state index contributed by atoms with van der Waals surface area (Å²) in [5.41, 5.74) is 0.216. The lowest BCUT2D eigenvalue weighted by molar-refractivity contribution is -0.0942. The molecule has 1 aliphatic rings. The van der Waals surface area contributed by atoms with Crippen molar-refractivity contribution >= 4 is 22.9 Å². The van der Waals surface area contributed by atoms with E-state index in [1.807, 2.05) is 0 Å². The lowest BCUT2D eigenvalue weighted by Crippen LogP contribution is -2.57. The molecular weight excluding hydrogens is 291 g/mol. The summed E-state index contributed by atoms with van der Waals surface area (Å²) < 4.78 is 8.95. The first-order valence-electron chi connectivity index (χ1n) is 5.19. The minimum absolute atomic E-state index is 0.216. The molecule has 0 aliphatic carbocycles. The molecule has 1 heterocycles. The minimum atomic E-state index is 0.216. The van der Waals surface area contributed by atoms with Crippen LogP contribution < -0.4 is 3.53 Å². The van der Waals surface area contributed by atoms with Gasteiger partial charge in [-0.15, -0.1) is 0 Å². The molecule has 1 rings (SSSR count). The standard InChI is InChI=1S/C10H21IN2O/c1-8-5-13(6-9(2)14-8)10(3,4)7-12-11/h8-9,12H,5-7H2,1-4H3. The van der Waals surface area contributed by atoms with Crippen LogP contribution in [0.1, 0.15) is 27.7 Å². The van der Waals surface area contributed by atoms with Crippen molar-refractivity contribution in [2.75, 3.05) is 19.6 Å². The molecule has 0 aromatic rings. The van der Waals surface area contributed by atoms with Gasteiger partial charge in [-0.25, -0.2) is 0 Å². The van der Waals surface area contributed by atoms with Crippen LogP contribution in [0.15, 0.2) is 0 Å². The number of morpholine rings is 1. The van der Waals surface area contributed by atoms with Crippen LogP contribution >= 0.6 is 22.9 Å². The summed E-state index contributed by atoms with van der Waals surface area (Å²) in [7, 11) is 0. The second kappa shape index (κ2) is 5.09. The van der Waals surface area contributed by atoms with Crippen molar-refractivity contribution < 1.29 is 4.74 Å². The Labute approximate surface area is 101 Å². The van der Waals surface area contributed by atoms with Crippen LogP contribution in [-0.4, -0.2) is 42.3 Å². The van der Waals surface area contributed by atoms with Gasteiger partial charge in [0.2, 0.25) is 0 Å². The Morgan fingerprint density at radius 2 is 1.86 bits per heavy atom. The molecule has 1 N–H and O–H groups in total. The van der Waals surface area contributed by atoms with Crippen molar-refractivity contribution in [1.82, 2.24) is 8.43 Å². The molecule has 0 bridgehead atoms. The monoisotopic (exact) mass is 312 g/mol. The highest BCUT2D eigenvalue weighted by atomic mass is 127. The summed E-state index contributed by atoms with van der Waals surface area (Å²) in [6.45, 7) is 11.9. The fourth-order valence-electron chi connectivity index (χ4n) is 1.95. The molecule has 0 radical (unpaired) electrons. The molecule has 4 heteroatoms. The van der Waals surface area contributed by atoms with Gasteiger partial charge in [0, 0.05) is 48.0 Å². The van der Waals surface area contributed by atoms with E-state index >= 15 is 0 Å². The molecule has 84 valence electrons. The molecule has 2 atom stereocenters. The lowest BCUT2D eigenvalue weighted by atomic mass is 10.0. The predicted octanol–water partition coefficient (Wildman–Crippen LogP) is 1.81. The van der Waals surface area contributed by atoms with E-state index in [2.05, 4.69) is 59.0 Å². The van der Waals surface area contributed by atoms with Gasteiger partial charge in [-0.2, -0.15) is 0 Å². The first kappa shape index (κ1) is 12.7. The van der Waals surface area contributed by atoms with Crippen LogP contribution in [0.3, 0.4) is 0 Å². The Morgan fingerprint density at radius 1 is 1.36 bits per heavy atom. The normalized spacial score (nSPS) is 30.6. The number of hydrogen-bond donors (Lipinski definition) is 1. The number of rotatable bonds is 3. The highest BCUT2D eigenvalue weighted by Gasteiger charge is 2.32. The van der Waals surface area contributed by atoms with Gasteiger partial charge in [0.05, 0.1) is 12.2 Å². The van der Waals surface area contributed by atoms with Gasteiger partial charge in [0.15, 0.2) is 0 Å². The summed E-state index contributed by atoms with van der Waals surface area (Å²) in [6.07, 6.45) is 0.708. The summed E-state index contributed by atoms with van der Waals surface area (Å²) >= 11 is 2.21. The largest absolute Gasteiger partial charge is 0.373 e. The third-order valence-electron chi connectivity index (χ3n) is 2.78. The first-order chi connectivity index (χ1) is 6.45. The lowest BCUT2D eigenvalue weighted by Gasteiger charge is -2.44. The van der Waals surface area contributed by atoms with Crippen LogP contribution in [0.25, 0.3) is 0 Å². The van der Waals surface area contributed by atoms with Crippen molar-refractivity contribution in [1.29, 1.82) is 0 Å². The maximum Gasteiger partial charge on any atom is 0.0678 e. The maximum absolute atomic E-state index is 5.73. The zero-order valence-electron chi connectivity index (χ0n) is 9.51. The molecule has 0 aromatic carbocycles.